The number of nitrogens with zero attached hydrogens (tertiary/aromatic N) is 3. The van der Waals surface area contributed by atoms with Gasteiger partial charge in [0.2, 0.25) is 0 Å². The zero-order chi connectivity index (χ0) is 19.3. The van der Waals surface area contributed by atoms with Crippen LogP contribution in [0.25, 0.3) is 28.0 Å². The Kier molecular flexibility index (Phi) is 5.67. The van der Waals surface area contributed by atoms with Gasteiger partial charge in [-0.1, -0.05) is 43.3 Å². The number of hydrogen-bond donors (Lipinski definition) is 1. The van der Waals surface area contributed by atoms with Crippen LogP contribution in [0.15, 0.2) is 59.9 Å². The van der Waals surface area contributed by atoms with Crippen molar-refractivity contribution in [2.75, 3.05) is 12.4 Å². The monoisotopic (exact) mass is 392 g/mol. The number of aromatic nitrogens is 4. The first-order valence-electron chi connectivity index (χ1n) is 9.69. The molecule has 6 heteroatoms. The Morgan fingerprint density at radius 1 is 1.04 bits per heavy atom. The maximum Gasteiger partial charge on any atom is 0.196 e. The number of benzene rings is 2. The van der Waals surface area contributed by atoms with Crippen molar-refractivity contribution in [2.24, 2.45) is 0 Å². The molecule has 2 aromatic heterocycles. The molecule has 0 atom stereocenters. The van der Waals surface area contributed by atoms with Crippen LogP contribution < -0.4 is 4.74 Å². The van der Waals surface area contributed by atoms with Gasteiger partial charge in [-0.3, -0.25) is 4.57 Å². The van der Waals surface area contributed by atoms with Crippen LogP contribution in [0.2, 0.25) is 0 Å². The van der Waals surface area contributed by atoms with Crippen molar-refractivity contribution < 1.29 is 4.74 Å². The Morgan fingerprint density at radius 2 is 1.86 bits per heavy atom. The predicted molar refractivity (Wildman–Crippen MR) is 115 cm³/mol. The van der Waals surface area contributed by atoms with Crippen LogP contribution in [0.3, 0.4) is 0 Å². The number of thioether (sulfide) groups is 1. The SMILES string of the molecule is CCCCSc1nnc(-c2c[nH]c3ccccc23)n1-c1ccc(OCC)cc1. The van der Waals surface area contributed by atoms with Crippen LogP contribution in [0.1, 0.15) is 26.7 Å². The average Bonchev–Trinajstić information content (AvgIpc) is 3.33. The molecule has 4 rings (SSSR count). The van der Waals surface area contributed by atoms with E-state index in [-0.39, 0.29) is 0 Å². The Bertz CT molecular complexity index is 1050. The largest absolute Gasteiger partial charge is 0.494 e. The number of fused-ring (bicyclic) bond motifs is 1. The van der Waals surface area contributed by atoms with Gasteiger partial charge in [0, 0.05) is 34.1 Å². The second kappa shape index (κ2) is 8.52. The van der Waals surface area contributed by atoms with Crippen molar-refractivity contribution in [2.45, 2.75) is 31.8 Å². The van der Waals surface area contributed by atoms with E-state index in [1.54, 1.807) is 11.8 Å². The number of nitrogens with one attached hydrogen (secondary N) is 1. The topological polar surface area (TPSA) is 55.7 Å². The number of ether oxygens (including phenoxy) is 1. The van der Waals surface area contributed by atoms with E-state index in [0.717, 1.165) is 51.1 Å². The second-order valence-corrected chi connectivity index (χ2v) is 7.58. The van der Waals surface area contributed by atoms with Gasteiger partial charge in [-0.2, -0.15) is 0 Å². The van der Waals surface area contributed by atoms with Crippen molar-refractivity contribution in [3.05, 3.63) is 54.7 Å². The summed E-state index contributed by atoms with van der Waals surface area (Å²) in [5.41, 5.74) is 3.19. The maximum absolute atomic E-state index is 5.60. The summed E-state index contributed by atoms with van der Waals surface area (Å²) in [5, 5.41) is 11.1. The highest BCUT2D eigenvalue weighted by Crippen LogP contribution is 2.33. The van der Waals surface area contributed by atoms with Crippen molar-refractivity contribution in [3.63, 3.8) is 0 Å². The Balaban J connectivity index is 1.80. The fourth-order valence-electron chi connectivity index (χ4n) is 3.19. The lowest BCUT2D eigenvalue weighted by Crippen LogP contribution is -2.00. The highest BCUT2D eigenvalue weighted by molar-refractivity contribution is 7.99. The molecular weight excluding hydrogens is 368 g/mol. The van der Waals surface area contributed by atoms with Crippen molar-refractivity contribution in [3.8, 4) is 22.8 Å². The summed E-state index contributed by atoms with van der Waals surface area (Å²) < 4.78 is 7.74. The molecule has 0 aliphatic rings. The molecule has 0 bridgehead atoms. The molecule has 0 spiro atoms. The van der Waals surface area contributed by atoms with Gasteiger partial charge in [0.1, 0.15) is 5.75 Å². The first-order chi connectivity index (χ1) is 13.8. The number of unbranched alkanes of at least 4 members (excludes halogenated alkanes) is 1. The molecule has 2 heterocycles. The zero-order valence-corrected chi connectivity index (χ0v) is 17.0. The number of hydrogen-bond acceptors (Lipinski definition) is 4. The fraction of sp³-hybridized carbons (Fsp3) is 0.273. The summed E-state index contributed by atoms with van der Waals surface area (Å²) in [7, 11) is 0. The summed E-state index contributed by atoms with van der Waals surface area (Å²) in [6.45, 7) is 4.85. The minimum Gasteiger partial charge on any atom is -0.494 e. The summed E-state index contributed by atoms with van der Waals surface area (Å²) in [6.07, 6.45) is 4.34. The van der Waals surface area contributed by atoms with E-state index in [1.807, 2.05) is 37.4 Å². The first-order valence-corrected chi connectivity index (χ1v) is 10.7. The van der Waals surface area contributed by atoms with Crippen molar-refractivity contribution >= 4 is 22.7 Å². The molecule has 0 unspecified atom stereocenters. The van der Waals surface area contributed by atoms with E-state index in [1.165, 1.54) is 6.42 Å². The van der Waals surface area contributed by atoms with Crippen LogP contribution >= 0.6 is 11.8 Å². The van der Waals surface area contributed by atoms with Gasteiger partial charge in [-0.05, 0) is 43.7 Å². The Hall–Kier alpha value is -2.73. The summed E-state index contributed by atoms with van der Waals surface area (Å²) in [6, 6.07) is 16.4. The van der Waals surface area contributed by atoms with Gasteiger partial charge in [-0.15, -0.1) is 10.2 Å². The molecule has 0 radical (unpaired) electrons. The average molecular weight is 393 g/mol. The molecule has 0 aliphatic heterocycles. The normalized spacial score (nSPS) is 11.2. The third kappa shape index (κ3) is 3.64. The minimum absolute atomic E-state index is 0.657. The number of para-hydroxylation sites is 1. The quantitative estimate of drug-likeness (QED) is 0.308. The maximum atomic E-state index is 5.60. The highest BCUT2D eigenvalue weighted by Gasteiger charge is 2.18. The second-order valence-electron chi connectivity index (χ2n) is 6.52. The molecule has 0 fully saturated rings. The standard InChI is InChI=1S/C22H24N4OS/c1-3-5-14-28-22-25-24-21(19-15-23-20-9-7-6-8-18(19)20)26(22)16-10-12-17(13-11-16)27-4-2/h6-13,15,23H,3-5,14H2,1-2H3. The molecule has 4 aromatic rings. The number of rotatable bonds is 8. The van der Waals surface area contributed by atoms with Crippen LogP contribution in [0.5, 0.6) is 5.75 Å². The first kappa shape index (κ1) is 18.6. The van der Waals surface area contributed by atoms with Gasteiger partial charge in [0.05, 0.1) is 6.61 Å². The van der Waals surface area contributed by atoms with E-state index in [2.05, 4.69) is 50.9 Å². The van der Waals surface area contributed by atoms with E-state index < -0.39 is 0 Å². The molecule has 2 aromatic carbocycles. The van der Waals surface area contributed by atoms with Gasteiger partial charge in [-0.25, -0.2) is 0 Å². The number of H-pyrrole nitrogens is 1. The van der Waals surface area contributed by atoms with Crippen LogP contribution in [0, 0.1) is 0 Å². The zero-order valence-electron chi connectivity index (χ0n) is 16.2. The van der Waals surface area contributed by atoms with Gasteiger partial charge >= 0.3 is 0 Å². The summed E-state index contributed by atoms with van der Waals surface area (Å²) in [5.74, 6) is 2.74. The number of aromatic amines is 1. The van der Waals surface area contributed by atoms with E-state index in [0.29, 0.717) is 6.61 Å². The molecule has 1 N–H and O–H groups in total. The molecule has 0 amide bonds. The third-order valence-corrected chi connectivity index (χ3v) is 5.61. The summed E-state index contributed by atoms with van der Waals surface area (Å²) in [4.78, 5) is 3.34. The van der Waals surface area contributed by atoms with E-state index in [9.17, 15) is 0 Å². The lowest BCUT2D eigenvalue weighted by Gasteiger charge is -2.11. The smallest absolute Gasteiger partial charge is 0.196 e. The van der Waals surface area contributed by atoms with Crippen LogP contribution in [-0.2, 0) is 0 Å². The molecule has 0 saturated carbocycles. The predicted octanol–water partition coefficient (Wildman–Crippen LogP) is 5.71. The van der Waals surface area contributed by atoms with E-state index in [4.69, 9.17) is 4.74 Å². The van der Waals surface area contributed by atoms with Gasteiger partial charge in [0.25, 0.3) is 0 Å². The van der Waals surface area contributed by atoms with Crippen LogP contribution in [0.4, 0.5) is 0 Å². The van der Waals surface area contributed by atoms with Crippen molar-refractivity contribution in [1.82, 2.24) is 19.7 Å². The third-order valence-electron chi connectivity index (χ3n) is 4.60. The molecule has 0 aliphatic carbocycles. The lowest BCUT2D eigenvalue weighted by atomic mass is 10.1. The summed E-state index contributed by atoms with van der Waals surface area (Å²) >= 11 is 1.75. The minimum atomic E-state index is 0.657. The molecule has 5 nitrogen and oxygen atoms in total. The van der Waals surface area contributed by atoms with Gasteiger partial charge in [0.15, 0.2) is 11.0 Å². The molecular formula is C22H24N4OS. The Morgan fingerprint density at radius 3 is 2.64 bits per heavy atom. The van der Waals surface area contributed by atoms with Gasteiger partial charge < -0.3 is 9.72 Å². The Labute approximate surface area is 169 Å². The fourth-order valence-corrected chi connectivity index (χ4v) is 4.23. The van der Waals surface area contributed by atoms with Crippen LogP contribution in [-0.4, -0.2) is 32.1 Å². The molecule has 0 saturated heterocycles. The van der Waals surface area contributed by atoms with E-state index >= 15 is 0 Å². The van der Waals surface area contributed by atoms with Crippen molar-refractivity contribution in [1.29, 1.82) is 0 Å². The highest BCUT2D eigenvalue weighted by atomic mass is 32.2. The lowest BCUT2D eigenvalue weighted by molar-refractivity contribution is 0.340. The molecule has 28 heavy (non-hydrogen) atoms. The molecule has 144 valence electrons.